The molecule has 0 aliphatic carbocycles. The minimum Gasteiger partial charge on any atom is -0.342 e. The Kier molecular flexibility index (Phi) is 5.85. The van der Waals surface area contributed by atoms with E-state index >= 15 is 0 Å². The number of hydrogen-bond donors (Lipinski definition) is 1. The van der Waals surface area contributed by atoms with Crippen LogP contribution in [0.5, 0.6) is 0 Å². The lowest BCUT2D eigenvalue weighted by Crippen LogP contribution is -2.51. The molecule has 0 aromatic carbocycles. The first-order valence-corrected chi connectivity index (χ1v) is 8.44. The summed E-state index contributed by atoms with van der Waals surface area (Å²) in [5.41, 5.74) is 0. The van der Waals surface area contributed by atoms with Gasteiger partial charge in [0.15, 0.2) is 0 Å². The maximum absolute atomic E-state index is 12.6. The smallest absolute Gasteiger partial charge is 0.239 e. The number of nitrogens with zero attached hydrogens (tertiary/aromatic N) is 2. The van der Waals surface area contributed by atoms with Gasteiger partial charge in [0.05, 0.1) is 6.04 Å². The highest BCUT2D eigenvalue weighted by atomic mass is 16.2. The molecule has 0 radical (unpaired) electrons. The van der Waals surface area contributed by atoms with Crippen molar-refractivity contribution < 1.29 is 4.79 Å². The topological polar surface area (TPSA) is 35.6 Å². The first-order chi connectivity index (χ1) is 9.69. The molecule has 0 aromatic heterocycles. The first kappa shape index (κ1) is 15.8. The summed E-state index contributed by atoms with van der Waals surface area (Å²) in [6.45, 7) is 11.3. The Balaban J connectivity index is 2.00. The van der Waals surface area contributed by atoms with Crippen LogP contribution in [0.1, 0.15) is 46.5 Å². The van der Waals surface area contributed by atoms with E-state index in [4.69, 9.17) is 0 Å². The normalized spacial score (nSPS) is 26.6. The molecule has 4 nitrogen and oxygen atoms in total. The minimum absolute atomic E-state index is 0.0530. The lowest BCUT2D eigenvalue weighted by atomic mass is 9.88. The number of amides is 1. The average Bonchev–Trinajstić information content (AvgIpc) is 2.98. The standard InChI is InChI=1S/C16H31N3O/c1-4-18(5-2)16(20)13(3)19-12-6-7-15(19)14-8-10-17-11-9-14/h13-15,17H,4-12H2,1-3H3. The summed E-state index contributed by atoms with van der Waals surface area (Å²) in [4.78, 5) is 17.1. The number of likely N-dealkylation sites (tertiary alicyclic amines) is 1. The molecule has 20 heavy (non-hydrogen) atoms. The fraction of sp³-hybridized carbons (Fsp3) is 0.938. The van der Waals surface area contributed by atoms with Gasteiger partial charge in [-0.2, -0.15) is 0 Å². The highest BCUT2D eigenvalue weighted by molar-refractivity contribution is 5.81. The summed E-state index contributed by atoms with van der Waals surface area (Å²) in [5, 5.41) is 3.45. The molecule has 2 aliphatic rings. The zero-order valence-corrected chi connectivity index (χ0v) is 13.4. The third kappa shape index (κ3) is 3.34. The van der Waals surface area contributed by atoms with Gasteiger partial charge in [-0.15, -0.1) is 0 Å². The molecular formula is C16H31N3O. The fourth-order valence-corrected chi connectivity index (χ4v) is 3.97. The molecule has 4 heteroatoms. The van der Waals surface area contributed by atoms with Gasteiger partial charge < -0.3 is 10.2 Å². The van der Waals surface area contributed by atoms with Gasteiger partial charge in [-0.05, 0) is 72.0 Å². The monoisotopic (exact) mass is 281 g/mol. The van der Waals surface area contributed by atoms with Crippen LogP contribution in [0.2, 0.25) is 0 Å². The Morgan fingerprint density at radius 2 is 1.90 bits per heavy atom. The van der Waals surface area contributed by atoms with E-state index in [1.165, 1.54) is 25.7 Å². The van der Waals surface area contributed by atoms with Crippen molar-refractivity contribution in [3.05, 3.63) is 0 Å². The zero-order chi connectivity index (χ0) is 14.5. The van der Waals surface area contributed by atoms with Crippen LogP contribution in [-0.4, -0.2) is 60.5 Å². The summed E-state index contributed by atoms with van der Waals surface area (Å²) in [7, 11) is 0. The number of carbonyl (C=O) groups is 1. The van der Waals surface area contributed by atoms with Crippen molar-refractivity contribution in [3.63, 3.8) is 0 Å². The molecule has 1 amide bonds. The molecule has 0 saturated carbocycles. The molecule has 0 aromatic rings. The number of rotatable bonds is 5. The van der Waals surface area contributed by atoms with Gasteiger partial charge in [-0.25, -0.2) is 0 Å². The summed E-state index contributed by atoms with van der Waals surface area (Å²) in [5.74, 6) is 1.10. The molecule has 2 saturated heterocycles. The van der Waals surface area contributed by atoms with Crippen molar-refractivity contribution in [1.29, 1.82) is 0 Å². The van der Waals surface area contributed by atoms with Gasteiger partial charge in [-0.3, -0.25) is 9.69 Å². The van der Waals surface area contributed by atoms with Gasteiger partial charge in [0, 0.05) is 19.1 Å². The van der Waals surface area contributed by atoms with E-state index in [0.717, 1.165) is 38.6 Å². The fourth-order valence-electron chi connectivity index (χ4n) is 3.97. The minimum atomic E-state index is 0.0530. The highest BCUT2D eigenvalue weighted by Gasteiger charge is 2.37. The molecule has 2 fully saturated rings. The average molecular weight is 281 g/mol. The lowest BCUT2D eigenvalue weighted by molar-refractivity contribution is -0.136. The van der Waals surface area contributed by atoms with Gasteiger partial charge >= 0.3 is 0 Å². The third-order valence-corrected chi connectivity index (χ3v) is 5.20. The van der Waals surface area contributed by atoms with Crippen LogP contribution >= 0.6 is 0 Å². The van der Waals surface area contributed by atoms with E-state index in [9.17, 15) is 4.79 Å². The molecule has 1 N–H and O–H groups in total. The van der Waals surface area contributed by atoms with Crippen LogP contribution in [0.25, 0.3) is 0 Å². The largest absolute Gasteiger partial charge is 0.342 e. The van der Waals surface area contributed by atoms with Crippen molar-refractivity contribution in [2.75, 3.05) is 32.7 Å². The van der Waals surface area contributed by atoms with Gasteiger partial charge in [0.1, 0.15) is 0 Å². The lowest BCUT2D eigenvalue weighted by Gasteiger charge is -2.38. The molecule has 0 spiro atoms. The molecule has 2 rings (SSSR count). The van der Waals surface area contributed by atoms with Gasteiger partial charge in [0.2, 0.25) is 5.91 Å². The summed E-state index contributed by atoms with van der Waals surface area (Å²) in [6, 6.07) is 0.684. The second-order valence-corrected chi connectivity index (χ2v) is 6.22. The maximum atomic E-state index is 12.6. The van der Waals surface area contributed by atoms with Crippen LogP contribution in [0, 0.1) is 5.92 Å². The van der Waals surface area contributed by atoms with E-state index in [1.54, 1.807) is 0 Å². The molecule has 2 aliphatic heterocycles. The van der Waals surface area contributed by atoms with Gasteiger partial charge in [-0.1, -0.05) is 0 Å². The molecule has 2 heterocycles. The summed E-state index contributed by atoms with van der Waals surface area (Å²) < 4.78 is 0. The van der Waals surface area contributed by atoms with E-state index in [2.05, 4.69) is 31.0 Å². The molecule has 2 unspecified atom stereocenters. The van der Waals surface area contributed by atoms with Gasteiger partial charge in [0.25, 0.3) is 0 Å². The number of nitrogens with one attached hydrogen (secondary N) is 1. The maximum Gasteiger partial charge on any atom is 0.239 e. The highest BCUT2D eigenvalue weighted by Crippen LogP contribution is 2.31. The predicted molar refractivity (Wildman–Crippen MR) is 82.7 cm³/mol. The molecule has 116 valence electrons. The van der Waals surface area contributed by atoms with E-state index in [-0.39, 0.29) is 6.04 Å². The zero-order valence-electron chi connectivity index (χ0n) is 13.4. The van der Waals surface area contributed by atoms with Crippen molar-refractivity contribution in [2.45, 2.75) is 58.5 Å². The second-order valence-electron chi connectivity index (χ2n) is 6.22. The Morgan fingerprint density at radius 3 is 2.50 bits per heavy atom. The number of likely N-dealkylation sites (N-methyl/N-ethyl adjacent to an activating group) is 1. The summed E-state index contributed by atoms with van der Waals surface area (Å²) in [6.07, 6.45) is 5.08. The number of carbonyl (C=O) groups excluding carboxylic acids is 1. The van der Waals surface area contributed by atoms with E-state index in [1.807, 2.05) is 4.90 Å². The Morgan fingerprint density at radius 1 is 1.25 bits per heavy atom. The number of piperidine rings is 1. The Labute approximate surface area is 123 Å². The van der Waals surface area contributed by atoms with Crippen LogP contribution in [0.15, 0.2) is 0 Å². The van der Waals surface area contributed by atoms with Crippen LogP contribution in [-0.2, 0) is 4.79 Å². The Hall–Kier alpha value is -0.610. The van der Waals surface area contributed by atoms with E-state index in [0.29, 0.717) is 11.9 Å². The second kappa shape index (κ2) is 7.41. The quantitative estimate of drug-likeness (QED) is 0.833. The SMILES string of the molecule is CCN(CC)C(=O)C(C)N1CCCC1C1CCNCC1. The Bertz CT molecular complexity index is 311. The number of hydrogen-bond acceptors (Lipinski definition) is 3. The van der Waals surface area contributed by atoms with Crippen LogP contribution in [0.3, 0.4) is 0 Å². The van der Waals surface area contributed by atoms with E-state index < -0.39 is 0 Å². The van der Waals surface area contributed by atoms with Crippen molar-refractivity contribution in [2.24, 2.45) is 5.92 Å². The van der Waals surface area contributed by atoms with Crippen molar-refractivity contribution in [1.82, 2.24) is 15.1 Å². The van der Waals surface area contributed by atoms with Crippen LogP contribution < -0.4 is 5.32 Å². The summed E-state index contributed by atoms with van der Waals surface area (Å²) >= 11 is 0. The molecule has 0 bridgehead atoms. The third-order valence-electron chi connectivity index (χ3n) is 5.20. The molecule has 2 atom stereocenters. The molecular weight excluding hydrogens is 250 g/mol. The predicted octanol–water partition coefficient (Wildman–Crippen LogP) is 1.71. The van der Waals surface area contributed by atoms with Crippen LogP contribution in [0.4, 0.5) is 0 Å². The first-order valence-electron chi connectivity index (χ1n) is 8.44. The van der Waals surface area contributed by atoms with Crippen molar-refractivity contribution in [3.8, 4) is 0 Å². The van der Waals surface area contributed by atoms with Crippen molar-refractivity contribution >= 4 is 5.91 Å².